The topological polar surface area (TPSA) is 127 Å². The number of nitrogens with one attached hydrogen (secondary N) is 1. The Hall–Kier alpha value is -2.45. The summed E-state index contributed by atoms with van der Waals surface area (Å²) in [7, 11) is 1.57. The van der Waals surface area contributed by atoms with Crippen LogP contribution in [0.4, 0.5) is 17.5 Å². The zero-order valence-corrected chi connectivity index (χ0v) is 12.2. The third-order valence-electron chi connectivity index (χ3n) is 3.79. The number of hydrogen-bond acceptors (Lipinski definition) is 7. The summed E-state index contributed by atoms with van der Waals surface area (Å²) in [5.41, 5.74) is 5.05. The Kier molecular flexibility index (Phi) is 3.67. The molecule has 1 fully saturated rings. The molecule has 2 rings (SSSR count). The summed E-state index contributed by atoms with van der Waals surface area (Å²) in [6.45, 7) is 4.20. The normalized spacial score (nSPS) is 21.4. The molecule has 1 aromatic heterocycles. The highest BCUT2D eigenvalue weighted by atomic mass is 16.6. The second-order valence-corrected chi connectivity index (χ2v) is 5.41. The van der Waals surface area contributed by atoms with Crippen LogP contribution in [0.2, 0.25) is 0 Å². The van der Waals surface area contributed by atoms with Gasteiger partial charge in [0.05, 0.1) is 10.3 Å². The number of aromatic nitrogens is 2. The number of hydrogen-bond donors (Lipinski definition) is 2. The molecule has 1 aromatic rings. The maximum absolute atomic E-state index is 11.9. The summed E-state index contributed by atoms with van der Waals surface area (Å²) in [5, 5.41) is 13.9. The van der Waals surface area contributed by atoms with E-state index in [1.807, 2.05) is 6.92 Å². The average molecular weight is 294 g/mol. The Morgan fingerprint density at radius 1 is 1.52 bits per heavy atom. The van der Waals surface area contributed by atoms with Crippen molar-refractivity contribution in [3.05, 3.63) is 15.8 Å². The van der Waals surface area contributed by atoms with Crippen LogP contribution in [0, 0.1) is 22.5 Å². The van der Waals surface area contributed by atoms with Crippen molar-refractivity contribution in [2.24, 2.45) is 5.41 Å². The fourth-order valence-corrected chi connectivity index (χ4v) is 2.64. The summed E-state index contributed by atoms with van der Waals surface area (Å²) in [6.07, 6.45) is 0.590. The third-order valence-corrected chi connectivity index (χ3v) is 3.79. The van der Waals surface area contributed by atoms with Crippen LogP contribution >= 0.6 is 0 Å². The first kappa shape index (κ1) is 14.9. The summed E-state index contributed by atoms with van der Waals surface area (Å²) in [4.78, 5) is 32.2. The average Bonchev–Trinajstić information content (AvgIpc) is 2.80. The quantitative estimate of drug-likeness (QED) is 0.603. The van der Waals surface area contributed by atoms with Gasteiger partial charge in [-0.05, 0) is 20.3 Å². The van der Waals surface area contributed by atoms with Gasteiger partial charge in [-0.25, -0.2) is 4.98 Å². The van der Waals surface area contributed by atoms with E-state index in [0.717, 1.165) is 0 Å². The zero-order valence-electron chi connectivity index (χ0n) is 12.2. The summed E-state index contributed by atoms with van der Waals surface area (Å²) in [6, 6.07) is 0. The van der Waals surface area contributed by atoms with E-state index in [9.17, 15) is 14.9 Å². The smallest absolute Gasteiger partial charge is 0.332 e. The number of carbonyl (C=O) groups is 1. The highest BCUT2D eigenvalue weighted by Gasteiger charge is 2.42. The van der Waals surface area contributed by atoms with Gasteiger partial charge < -0.3 is 16.0 Å². The van der Waals surface area contributed by atoms with Crippen LogP contribution in [0.25, 0.3) is 0 Å². The van der Waals surface area contributed by atoms with Crippen molar-refractivity contribution >= 4 is 23.4 Å². The van der Waals surface area contributed by atoms with Crippen LogP contribution in [0.3, 0.4) is 0 Å². The number of anilines is 2. The third kappa shape index (κ3) is 2.58. The second kappa shape index (κ2) is 5.15. The zero-order chi connectivity index (χ0) is 15.8. The number of nitrogens with zero attached hydrogens (tertiary/aromatic N) is 4. The van der Waals surface area contributed by atoms with Crippen LogP contribution < -0.4 is 16.0 Å². The molecule has 1 atom stereocenters. The highest BCUT2D eigenvalue weighted by molar-refractivity contribution is 5.83. The molecule has 1 amide bonds. The Morgan fingerprint density at radius 3 is 2.76 bits per heavy atom. The number of carbonyl (C=O) groups excluding carboxylic acids is 1. The van der Waals surface area contributed by atoms with Gasteiger partial charge in [-0.2, -0.15) is 4.98 Å². The Balaban J connectivity index is 2.40. The van der Waals surface area contributed by atoms with Crippen LogP contribution in [0.5, 0.6) is 0 Å². The summed E-state index contributed by atoms with van der Waals surface area (Å²) >= 11 is 0. The molecule has 0 spiro atoms. The largest absolute Gasteiger partial charge is 0.368 e. The maximum Gasteiger partial charge on any atom is 0.332 e. The van der Waals surface area contributed by atoms with Gasteiger partial charge in [-0.3, -0.25) is 14.9 Å². The molecular formula is C12H18N6O3. The van der Waals surface area contributed by atoms with Gasteiger partial charge in [0, 0.05) is 20.1 Å². The number of nitrogen functional groups attached to an aromatic ring is 1. The fourth-order valence-electron chi connectivity index (χ4n) is 2.64. The minimum Gasteiger partial charge on any atom is -0.368 e. The van der Waals surface area contributed by atoms with Crippen LogP contribution in [0.1, 0.15) is 19.0 Å². The molecule has 114 valence electrons. The van der Waals surface area contributed by atoms with Crippen LogP contribution in [-0.4, -0.2) is 40.9 Å². The number of rotatable bonds is 3. The first-order chi connectivity index (χ1) is 9.78. The minimum atomic E-state index is -0.601. The Morgan fingerprint density at radius 2 is 2.19 bits per heavy atom. The van der Waals surface area contributed by atoms with Crippen LogP contribution in [-0.2, 0) is 4.79 Å². The highest BCUT2D eigenvalue weighted by Crippen LogP contribution is 2.37. The monoisotopic (exact) mass is 294 g/mol. The molecule has 0 aliphatic carbocycles. The van der Waals surface area contributed by atoms with E-state index < -0.39 is 10.3 Å². The van der Waals surface area contributed by atoms with E-state index in [2.05, 4.69) is 15.3 Å². The fraction of sp³-hybridized carbons (Fsp3) is 0.583. The molecule has 1 aliphatic rings. The second-order valence-electron chi connectivity index (χ2n) is 5.41. The molecule has 0 saturated carbocycles. The predicted octanol–water partition coefficient (Wildman–Crippen LogP) is 0.238. The molecule has 9 nitrogen and oxygen atoms in total. The van der Waals surface area contributed by atoms with E-state index in [0.29, 0.717) is 19.5 Å². The van der Waals surface area contributed by atoms with Crippen LogP contribution in [0.15, 0.2) is 0 Å². The van der Waals surface area contributed by atoms with Crippen molar-refractivity contribution in [2.75, 3.05) is 30.8 Å². The van der Waals surface area contributed by atoms with Gasteiger partial charge >= 0.3 is 5.69 Å². The molecule has 9 heteroatoms. The SMILES string of the molecule is CNC(=O)C1(C)CCN(c2nc(N)nc(C)c2[N+](=O)[O-])C1. The number of nitrogens with two attached hydrogens (primary N) is 1. The van der Waals surface area contributed by atoms with Crippen molar-refractivity contribution in [2.45, 2.75) is 20.3 Å². The van der Waals surface area contributed by atoms with Gasteiger partial charge in [0.25, 0.3) is 0 Å². The van der Waals surface area contributed by atoms with Crippen molar-refractivity contribution in [1.82, 2.24) is 15.3 Å². The van der Waals surface area contributed by atoms with Gasteiger partial charge in [0.15, 0.2) is 0 Å². The molecule has 2 heterocycles. The molecule has 3 N–H and O–H groups in total. The first-order valence-electron chi connectivity index (χ1n) is 6.54. The summed E-state index contributed by atoms with van der Waals surface area (Å²) < 4.78 is 0. The van der Waals surface area contributed by atoms with E-state index in [-0.39, 0.29) is 29.1 Å². The van der Waals surface area contributed by atoms with Crippen molar-refractivity contribution in [3.63, 3.8) is 0 Å². The van der Waals surface area contributed by atoms with E-state index in [1.54, 1.807) is 11.9 Å². The van der Waals surface area contributed by atoms with Gasteiger partial charge in [-0.15, -0.1) is 0 Å². The number of nitro groups is 1. The van der Waals surface area contributed by atoms with Crippen molar-refractivity contribution in [1.29, 1.82) is 0 Å². The van der Waals surface area contributed by atoms with Crippen molar-refractivity contribution in [3.8, 4) is 0 Å². The summed E-state index contributed by atoms with van der Waals surface area (Å²) in [5.74, 6) is 0.0747. The standard InChI is InChI=1S/C12H18N6O3/c1-7-8(18(20)21)9(16-11(13)15-7)17-5-4-12(2,6-17)10(19)14-3/h4-6H2,1-3H3,(H,14,19)(H2,13,15,16). The van der Waals surface area contributed by atoms with Gasteiger partial charge in [-0.1, -0.05) is 0 Å². The molecule has 1 unspecified atom stereocenters. The maximum atomic E-state index is 11.9. The lowest BCUT2D eigenvalue weighted by atomic mass is 9.89. The molecule has 1 saturated heterocycles. The van der Waals surface area contributed by atoms with Gasteiger partial charge in [0.1, 0.15) is 5.69 Å². The van der Waals surface area contributed by atoms with E-state index >= 15 is 0 Å². The Bertz CT molecular complexity index is 605. The lowest BCUT2D eigenvalue weighted by Gasteiger charge is -2.23. The molecule has 0 aromatic carbocycles. The molecule has 0 bridgehead atoms. The number of amides is 1. The molecule has 0 radical (unpaired) electrons. The predicted molar refractivity (Wildman–Crippen MR) is 76.8 cm³/mol. The first-order valence-corrected chi connectivity index (χ1v) is 6.54. The molecule has 21 heavy (non-hydrogen) atoms. The number of aryl methyl sites for hydroxylation is 1. The lowest BCUT2D eigenvalue weighted by molar-refractivity contribution is -0.385. The molecular weight excluding hydrogens is 276 g/mol. The van der Waals surface area contributed by atoms with Gasteiger partial charge in [0.2, 0.25) is 17.7 Å². The van der Waals surface area contributed by atoms with E-state index in [1.165, 1.54) is 6.92 Å². The van der Waals surface area contributed by atoms with E-state index in [4.69, 9.17) is 5.73 Å². The lowest BCUT2D eigenvalue weighted by Crippen LogP contribution is -2.39. The van der Waals surface area contributed by atoms with Crippen molar-refractivity contribution < 1.29 is 9.72 Å². The molecule has 1 aliphatic heterocycles. The minimum absolute atomic E-state index is 0.0124. The Labute approximate surface area is 121 Å².